The van der Waals surface area contributed by atoms with Crippen molar-refractivity contribution in [3.63, 3.8) is 0 Å². The zero-order valence-corrected chi connectivity index (χ0v) is 17.9. The number of nitro groups is 1. The Morgan fingerprint density at radius 2 is 1.81 bits per heavy atom. The Kier molecular flexibility index (Phi) is 7.08. The van der Waals surface area contributed by atoms with E-state index in [4.69, 9.17) is 4.74 Å². The van der Waals surface area contributed by atoms with E-state index in [0.717, 1.165) is 17.4 Å². The highest BCUT2D eigenvalue weighted by atomic mass is 32.2. The monoisotopic (exact) mass is 448 g/mol. The lowest BCUT2D eigenvalue weighted by molar-refractivity contribution is -0.385. The molecule has 0 aromatic heterocycles. The number of non-ortho nitro benzene ring substituents is 1. The zero-order valence-electron chi connectivity index (χ0n) is 17.1. The van der Waals surface area contributed by atoms with Crippen molar-refractivity contribution in [2.24, 2.45) is 0 Å². The second-order valence-corrected chi connectivity index (χ2v) is 8.98. The fourth-order valence-electron chi connectivity index (χ4n) is 3.11. The third kappa shape index (κ3) is 5.70. The van der Waals surface area contributed by atoms with Crippen LogP contribution in [0.2, 0.25) is 0 Å². The minimum atomic E-state index is -3.87. The molecule has 2 aromatic carbocycles. The molecule has 2 aromatic rings. The number of sulfonamides is 1. The third-order valence-corrected chi connectivity index (χ3v) is 6.75. The van der Waals surface area contributed by atoms with Gasteiger partial charge in [-0.25, -0.2) is 13.2 Å². The van der Waals surface area contributed by atoms with Crippen LogP contribution in [-0.4, -0.2) is 67.9 Å². The number of carbonyl (C=O) groups excluding carboxylic acids is 1. The van der Waals surface area contributed by atoms with Gasteiger partial charge in [0.05, 0.1) is 16.4 Å². The van der Waals surface area contributed by atoms with Gasteiger partial charge in [0.15, 0.2) is 0 Å². The largest absolute Gasteiger partial charge is 0.492 e. The molecule has 1 aliphatic heterocycles. The van der Waals surface area contributed by atoms with E-state index in [0.29, 0.717) is 13.2 Å². The van der Waals surface area contributed by atoms with Crippen molar-refractivity contribution in [3.8, 4) is 5.75 Å². The molecule has 0 bridgehead atoms. The lowest BCUT2D eigenvalue weighted by Gasteiger charge is -2.33. The molecule has 31 heavy (non-hydrogen) atoms. The molecule has 1 saturated heterocycles. The van der Waals surface area contributed by atoms with Crippen LogP contribution in [0.25, 0.3) is 0 Å². The average Bonchev–Trinajstić information content (AvgIpc) is 2.78. The first kappa shape index (κ1) is 22.5. The number of nitrogens with one attached hydrogen (secondary N) is 1. The van der Waals surface area contributed by atoms with Gasteiger partial charge in [0.25, 0.3) is 5.69 Å². The maximum atomic E-state index is 12.8. The first-order chi connectivity index (χ1) is 14.8. The summed E-state index contributed by atoms with van der Waals surface area (Å²) < 4.78 is 32.3. The summed E-state index contributed by atoms with van der Waals surface area (Å²) in [7, 11) is -3.87. The van der Waals surface area contributed by atoms with Crippen LogP contribution in [0.15, 0.2) is 53.4 Å². The number of rotatable bonds is 7. The number of ether oxygens (including phenoxy) is 1. The molecular weight excluding hydrogens is 424 g/mol. The van der Waals surface area contributed by atoms with Gasteiger partial charge in [-0.15, -0.1) is 0 Å². The molecule has 3 rings (SSSR count). The van der Waals surface area contributed by atoms with Crippen molar-refractivity contribution < 1.29 is 22.9 Å². The van der Waals surface area contributed by atoms with E-state index in [2.05, 4.69) is 5.32 Å². The highest BCUT2D eigenvalue weighted by Gasteiger charge is 2.30. The molecule has 0 unspecified atom stereocenters. The summed E-state index contributed by atoms with van der Waals surface area (Å²) in [6.45, 7) is 3.28. The Morgan fingerprint density at radius 1 is 1.13 bits per heavy atom. The molecule has 1 aliphatic rings. The van der Waals surface area contributed by atoms with Gasteiger partial charge >= 0.3 is 6.03 Å². The summed E-state index contributed by atoms with van der Waals surface area (Å²) in [6, 6.07) is 12.3. The standard InChI is InChI=1S/C20H24N4O6S/c1-16-5-7-18(8-6-16)30-14-9-21-20(25)22-10-12-23(13-11-22)31(28,29)19-4-2-3-17(15-19)24(26)27/h2-8,15H,9-14H2,1H3,(H,21,25). The van der Waals surface area contributed by atoms with Gasteiger partial charge in [-0.3, -0.25) is 10.1 Å². The van der Waals surface area contributed by atoms with Gasteiger partial charge in [0, 0.05) is 38.3 Å². The minimum Gasteiger partial charge on any atom is -0.492 e. The van der Waals surface area contributed by atoms with Gasteiger partial charge < -0.3 is 15.0 Å². The first-order valence-electron chi connectivity index (χ1n) is 9.74. The van der Waals surface area contributed by atoms with Gasteiger partial charge in [-0.05, 0) is 25.1 Å². The second kappa shape index (κ2) is 9.75. The Labute approximate surface area is 180 Å². The summed E-state index contributed by atoms with van der Waals surface area (Å²) in [5, 5.41) is 13.7. The number of aryl methyl sites for hydroxylation is 1. The zero-order chi connectivity index (χ0) is 22.4. The van der Waals surface area contributed by atoms with E-state index in [-0.39, 0.29) is 42.8 Å². The number of nitro benzene ring substituents is 1. The third-order valence-electron chi connectivity index (χ3n) is 4.86. The number of hydrogen-bond donors (Lipinski definition) is 1. The lowest BCUT2D eigenvalue weighted by atomic mass is 10.2. The fraction of sp³-hybridized carbons (Fsp3) is 0.350. The molecule has 1 heterocycles. The molecule has 0 spiro atoms. The fourth-order valence-corrected chi connectivity index (χ4v) is 4.57. The van der Waals surface area contributed by atoms with E-state index in [1.165, 1.54) is 27.4 Å². The van der Waals surface area contributed by atoms with Gasteiger partial charge in [0.2, 0.25) is 10.0 Å². The molecule has 166 valence electrons. The SMILES string of the molecule is Cc1ccc(OCCNC(=O)N2CCN(S(=O)(=O)c3cccc([N+](=O)[O-])c3)CC2)cc1. The highest BCUT2D eigenvalue weighted by Crippen LogP contribution is 2.22. The van der Waals surface area contributed by atoms with Gasteiger partial charge in [0.1, 0.15) is 12.4 Å². The van der Waals surface area contributed by atoms with Gasteiger partial charge in [-0.2, -0.15) is 4.31 Å². The summed E-state index contributed by atoms with van der Waals surface area (Å²) in [4.78, 5) is 24.0. The Morgan fingerprint density at radius 3 is 2.45 bits per heavy atom. The molecule has 0 saturated carbocycles. The van der Waals surface area contributed by atoms with E-state index in [1.807, 2.05) is 31.2 Å². The van der Waals surface area contributed by atoms with E-state index >= 15 is 0 Å². The summed E-state index contributed by atoms with van der Waals surface area (Å²) in [6.07, 6.45) is 0. The highest BCUT2D eigenvalue weighted by molar-refractivity contribution is 7.89. The predicted molar refractivity (Wildman–Crippen MR) is 114 cm³/mol. The molecule has 2 amide bonds. The number of urea groups is 1. The molecule has 0 aliphatic carbocycles. The van der Waals surface area contributed by atoms with Crippen molar-refractivity contribution in [2.75, 3.05) is 39.3 Å². The number of piperazine rings is 1. The molecule has 1 N–H and O–H groups in total. The molecule has 11 heteroatoms. The van der Waals surface area contributed by atoms with Crippen LogP contribution >= 0.6 is 0 Å². The average molecular weight is 449 g/mol. The van der Waals surface area contributed by atoms with Crippen LogP contribution in [0.3, 0.4) is 0 Å². The molecule has 1 fully saturated rings. The lowest BCUT2D eigenvalue weighted by Crippen LogP contribution is -2.53. The van der Waals surface area contributed by atoms with Crippen molar-refractivity contribution in [1.82, 2.24) is 14.5 Å². The normalized spacial score (nSPS) is 14.8. The van der Waals surface area contributed by atoms with Crippen molar-refractivity contribution >= 4 is 21.7 Å². The number of carbonyl (C=O) groups is 1. The Balaban J connectivity index is 1.47. The van der Waals surface area contributed by atoms with Gasteiger partial charge in [-0.1, -0.05) is 23.8 Å². The number of hydrogen-bond acceptors (Lipinski definition) is 6. The van der Waals surface area contributed by atoms with Crippen LogP contribution in [0.1, 0.15) is 5.56 Å². The van der Waals surface area contributed by atoms with Crippen molar-refractivity contribution in [1.29, 1.82) is 0 Å². The summed E-state index contributed by atoms with van der Waals surface area (Å²) >= 11 is 0. The van der Waals surface area contributed by atoms with E-state index < -0.39 is 14.9 Å². The van der Waals surface area contributed by atoms with Crippen molar-refractivity contribution in [3.05, 3.63) is 64.2 Å². The molecule has 10 nitrogen and oxygen atoms in total. The number of amides is 2. The van der Waals surface area contributed by atoms with E-state index in [1.54, 1.807) is 0 Å². The Bertz CT molecular complexity index is 1030. The number of benzene rings is 2. The van der Waals surface area contributed by atoms with Crippen LogP contribution < -0.4 is 10.1 Å². The quantitative estimate of drug-likeness (QED) is 0.393. The summed E-state index contributed by atoms with van der Waals surface area (Å²) in [5.74, 6) is 0.722. The second-order valence-electron chi connectivity index (χ2n) is 7.04. The molecular formula is C20H24N4O6S. The smallest absolute Gasteiger partial charge is 0.317 e. The maximum absolute atomic E-state index is 12.8. The predicted octanol–water partition coefficient (Wildman–Crippen LogP) is 2.00. The number of nitrogens with zero attached hydrogens (tertiary/aromatic N) is 3. The maximum Gasteiger partial charge on any atom is 0.317 e. The topological polar surface area (TPSA) is 122 Å². The van der Waals surface area contributed by atoms with E-state index in [9.17, 15) is 23.3 Å². The van der Waals surface area contributed by atoms with Crippen LogP contribution in [-0.2, 0) is 10.0 Å². The van der Waals surface area contributed by atoms with Crippen LogP contribution in [0.5, 0.6) is 5.75 Å². The Hall–Kier alpha value is -3.18. The molecule has 0 atom stereocenters. The van der Waals surface area contributed by atoms with Crippen LogP contribution in [0, 0.1) is 17.0 Å². The first-order valence-corrected chi connectivity index (χ1v) is 11.2. The summed E-state index contributed by atoms with van der Waals surface area (Å²) in [5.41, 5.74) is 0.847. The van der Waals surface area contributed by atoms with Crippen LogP contribution in [0.4, 0.5) is 10.5 Å². The molecule has 0 radical (unpaired) electrons. The minimum absolute atomic E-state index is 0.109. The van der Waals surface area contributed by atoms with Crippen molar-refractivity contribution in [2.45, 2.75) is 11.8 Å².